The van der Waals surface area contributed by atoms with Gasteiger partial charge < -0.3 is 10.2 Å². The predicted octanol–water partition coefficient (Wildman–Crippen LogP) is 4.57. The van der Waals surface area contributed by atoms with Crippen LogP contribution in [0.3, 0.4) is 0 Å². The molecule has 5 heteroatoms. The fourth-order valence-corrected chi connectivity index (χ4v) is 3.23. The van der Waals surface area contributed by atoms with E-state index in [4.69, 9.17) is 0 Å². The van der Waals surface area contributed by atoms with Crippen molar-refractivity contribution in [1.29, 1.82) is 0 Å². The fourth-order valence-electron chi connectivity index (χ4n) is 2.97. The normalized spacial score (nSPS) is 11.9. The number of carbonyl (C=O) groups excluding carboxylic acids is 2. The van der Waals surface area contributed by atoms with Gasteiger partial charge in [-0.25, -0.2) is 0 Å². The van der Waals surface area contributed by atoms with Gasteiger partial charge >= 0.3 is 0 Å². The minimum atomic E-state index is -0.544. The number of hydrogen-bond acceptors (Lipinski definition) is 2. The second-order valence-corrected chi connectivity index (χ2v) is 8.26. The number of hydrogen-bond donors (Lipinski definition) is 1. The third-order valence-electron chi connectivity index (χ3n) is 4.52. The van der Waals surface area contributed by atoms with E-state index in [9.17, 15) is 9.59 Å². The summed E-state index contributed by atoms with van der Waals surface area (Å²) < 4.78 is 0.986. The molecule has 0 aliphatic rings. The molecule has 150 valence electrons. The van der Waals surface area contributed by atoms with Crippen LogP contribution in [0, 0.1) is 5.92 Å². The number of halogens is 1. The molecular weight excluding hydrogens is 416 g/mol. The minimum Gasteiger partial charge on any atom is -0.354 e. The van der Waals surface area contributed by atoms with Gasteiger partial charge in [0.15, 0.2) is 0 Å². The van der Waals surface area contributed by atoms with Crippen molar-refractivity contribution >= 4 is 27.7 Å². The van der Waals surface area contributed by atoms with E-state index in [1.165, 1.54) is 0 Å². The lowest BCUT2D eigenvalue weighted by Crippen LogP contribution is -2.50. The van der Waals surface area contributed by atoms with Crippen molar-refractivity contribution in [2.45, 2.75) is 46.2 Å². The first-order valence-electron chi connectivity index (χ1n) is 9.76. The molecule has 0 saturated carbocycles. The number of nitrogens with zero attached hydrogens (tertiary/aromatic N) is 1. The maximum absolute atomic E-state index is 13.0. The summed E-state index contributed by atoms with van der Waals surface area (Å²) in [4.78, 5) is 27.6. The van der Waals surface area contributed by atoms with Gasteiger partial charge in [0.2, 0.25) is 11.8 Å². The van der Waals surface area contributed by atoms with Crippen LogP contribution >= 0.6 is 15.9 Å². The Bertz CT molecular complexity index is 760. The zero-order valence-electron chi connectivity index (χ0n) is 16.8. The molecule has 28 heavy (non-hydrogen) atoms. The molecule has 2 rings (SSSR count). The van der Waals surface area contributed by atoms with Crippen LogP contribution in [0.1, 0.15) is 38.3 Å². The topological polar surface area (TPSA) is 49.4 Å². The summed E-state index contributed by atoms with van der Waals surface area (Å²) in [5.41, 5.74) is 2.04. The van der Waals surface area contributed by atoms with Crippen molar-refractivity contribution in [3.05, 3.63) is 70.2 Å². The van der Waals surface area contributed by atoms with Gasteiger partial charge in [0.25, 0.3) is 0 Å². The molecule has 0 bridgehead atoms. The second-order valence-electron chi connectivity index (χ2n) is 7.35. The molecule has 0 unspecified atom stereocenters. The first-order valence-corrected chi connectivity index (χ1v) is 10.6. The number of nitrogens with one attached hydrogen (secondary N) is 1. The molecule has 1 atom stereocenters. The number of amides is 2. The number of carbonyl (C=O) groups is 2. The maximum atomic E-state index is 13.0. The monoisotopic (exact) mass is 444 g/mol. The second kappa shape index (κ2) is 11.0. The Morgan fingerprint density at radius 2 is 1.64 bits per heavy atom. The highest BCUT2D eigenvalue weighted by Crippen LogP contribution is 2.17. The molecular formula is C23H29BrN2O2. The molecule has 0 spiro atoms. The lowest BCUT2D eigenvalue weighted by atomic mass is 10.0. The van der Waals surface area contributed by atoms with Gasteiger partial charge in [-0.2, -0.15) is 0 Å². The zero-order chi connectivity index (χ0) is 20.5. The Labute approximate surface area is 176 Å². The average Bonchev–Trinajstić information content (AvgIpc) is 2.70. The first kappa shape index (κ1) is 22.2. The summed E-state index contributed by atoms with van der Waals surface area (Å²) in [6.07, 6.45) is 0.853. The predicted molar refractivity (Wildman–Crippen MR) is 117 cm³/mol. The maximum Gasteiger partial charge on any atom is 0.243 e. The van der Waals surface area contributed by atoms with E-state index in [1.807, 2.05) is 61.5 Å². The molecule has 0 fully saturated rings. The van der Waals surface area contributed by atoms with Crippen LogP contribution < -0.4 is 5.32 Å². The highest BCUT2D eigenvalue weighted by atomic mass is 79.9. The van der Waals surface area contributed by atoms with Gasteiger partial charge in [0.05, 0.1) is 0 Å². The van der Waals surface area contributed by atoms with Gasteiger partial charge in [-0.3, -0.25) is 9.59 Å². The summed E-state index contributed by atoms with van der Waals surface area (Å²) in [7, 11) is 0. The summed E-state index contributed by atoms with van der Waals surface area (Å²) >= 11 is 3.44. The van der Waals surface area contributed by atoms with E-state index < -0.39 is 6.04 Å². The van der Waals surface area contributed by atoms with Gasteiger partial charge in [0.1, 0.15) is 6.04 Å². The standard InChI is InChI=1S/C23H29BrN2O2/c1-4-22(27)26(16-19-10-12-20(24)13-11-19)21(23(28)25-15-17(2)3)14-18-8-6-5-7-9-18/h5-13,17,21H,4,14-16H2,1-3H3,(H,25,28)/t21-/m0/s1. The Morgan fingerprint density at radius 3 is 2.21 bits per heavy atom. The van der Waals surface area contributed by atoms with Crippen LogP contribution in [-0.4, -0.2) is 29.3 Å². The molecule has 2 aromatic rings. The molecule has 4 nitrogen and oxygen atoms in total. The zero-order valence-corrected chi connectivity index (χ0v) is 18.4. The lowest BCUT2D eigenvalue weighted by Gasteiger charge is -2.31. The average molecular weight is 445 g/mol. The lowest BCUT2D eigenvalue weighted by molar-refractivity contribution is -0.141. The quantitative estimate of drug-likeness (QED) is 0.615. The molecule has 2 aromatic carbocycles. The summed E-state index contributed by atoms with van der Waals surface area (Å²) in [5, 5.41) is 3.02. The Kier molecular flexibility index (Phi) is 8.71. The van der Waals surface area contributed by atoms with E-state index in [0.29, 0.717) is 31.8 Å². The van der Waals surface area contributed by atoms with Crippen molar-refractivity contribution < 1.29 is 9.59 Å². The van der Waals surface area contributed by atoms with E-state index in [0.717, 1.165) is 15.6 Å². The van der Waals surface area contributed by atoms with E-state index in [2.05, 4.69) is 35.1 Å². The Balaban J connectivity index is 2.31. The van der Waals surface area contributed by atoms with Gasteiger partial charge in [-0.05, 0) is 29.2 Å². The number of rotatable bonds is 9. The van der Waals surface area contributed by atoms with Crippen LogP contribution in [0.25, 0.3) is 0 Å². The van der Waals surface area contributed by atoms with Gasteiger partial charge in [-0.1, -0.05) is 79.2 Å². The molecule has 1 N–H and O–H groups in total. The smallest absolute Gasteiger partial charge is 0.243 e. The fraction of sp³-hybridized carbons (Fsp3) is 0.391. The SMILES string of the molecule is CCC(=O)N(Cc1ccc(Br)cc1)[C@@H](Cc1ccccc1)C(=O)NCC(C)C. The van der Waals surface area contributed by atoms with E-state index in [1.54, 1.807) is 4.90 Å². The highest BCUT2D eigenvalue weighted by molar-refractivity contribution is 9.10. The molecule has 0 heterocycles. The summed E-state index contributed by atoms with van der Waals surface area (Å²) in [6, 6.07) is 17.2. The molecule has 0 saturated heterocycles. The van der Waals surface area contributed by atoms with Crippen LogP contribution in [0.2, 0.25) is 0 Å². The highest BCUT2D eigenvalue weighted by Gasteiger charge is 2.29. The van der Waals surface area contributed by atoms with Crippen LogP contribution in [-0.2, 0) is 22.6 Å². The Hall–Kier alpha value is -2.14. The summed E-state index contributed by atoms with van der Waals surface area (Å²) in [6.45, 7) is 6.96. The van der Waals surface area contributed by atoms with Crippen molar-refractivity contribution in [1.82, 2.24) is 10.2 Å². The van der Waals surface area contributed by atoms with E-state index >= 15 is 0 Å². The Morgan fingerprint density at radius 1 is 1.00 bits per heavy atom. The van der Waals surface area contributed by atoms with Gasteiger partial charge in [-0.15, -0.1) is 0 Å². The molecule has 2 amide bonds. The minimum absolute atomic E-state index is 0.0245. The molecule has 0 aromatic heterocycles. The van der Waals surface area contributed by atoms with E-state index in [-0.39, 0.29) is 11.8 Å². The molecule has 0 radical (unpaired) electrons. The molecule has 0 aliphatic carbocycles. The van der Waals surface area contributed by atoms with Crippen LogP contribution in [0.4, 0.5) is 0 Å². The third-order valence-corrected chi connectivity index (χ3v) is 5.05. The van der Waals surface area contributed by atoms with Crippen molar-refractivity contribution in [2.24, 2.45) is 5.92 Å². The van der Waals surface area contributed by atoms with Gasteiger partial charge in [0, 0.05) is 30.4 Å². The number of benzene rings is 2. The first-order chi connectivity index (χ1) is 13.4. The van der Waals surface area contributed by atoms with Crippen LogP contribution in [0.15, 0.2) is 59.1 Å². The largest absolute Gasteiger partial charge is 0.354 e. The van der Waals surface area contributed by atoms with Crippen LogP contribution in [0.5, 0.6) is 0 Å². The van der Waals surface area contributed by atoms with Crippen molar-refractivity contribution in [3.63, 3.8) is 0 Å². The van der Waals surface area contributed by atoms with Crippen molar-refractivity contribution in [2.75, 3.05) is 6.54 Å². The summed E-state index contributed by atoms with van der Waals surface area (Å²) in [5.74, 6) is 0.225. The molecule has 0 aliphatic heterocycles. The van der Waals surface area contributed by atoms with Crippen molar-refractivity contribution in [3.8, 4) is 0 Å². The third kappa shape index (κ3) is 6.79.